The molecule has 7 heteroatoms. The maximum atomic E-state index is 10.7. The first-order chi connectivity index (χ1) is 5.50. The fourth-order valence-electron chi connectivity index (χ4n) is 0.637. The first-order valence-corrected chi connectivity index (χ1v) is 4.64. The second-order valence-electron chi connectivity index (χ2n) is 2.29. The molecule has 0 bridgehead atoms. The Bertz CT molecular complexity index is 331. The van der Waals surface area contributed by atoms with E-state index in [1.807, 2.05) is 0 Å². The van der Waals surface area contributed by atoms with Crippen LogP contribution < -0.4 is 5.14 Å². The van der Waals surface area contributed by atoms with Crippen LogP contribution in [0.2, 0.25) is 0 Å². The van der Waals surface area contributed by atoms with Crippen molar-refractivity contribution in [2.45, 2.75) is 6.54 Å². The topological polar surface area (TPSA) is 89.4 Å². The number of hydrogen-bond donors (Lipinski definition) is 1. The zero-order valence-corrected chi connectivity index (χ0v) is 7.28. The third-order valence-electron chi connectivity index (χ3n) is 1.31. The molecule has 1 aromatic heterocycles. The van der Waals surface area contributed by atoms with Gasteiger partial charge in [-0.25, -0.2) is 5.14 Å². The van der Waals surface area contributed by atoms with Crippen molar-refractivity contribution in [1.29, 1.82) is 0 Å². The molecule has 12 heavy (non-hydrogen) atoms. The van der Waals surface area contributed by atoms with E-state index >= 15 is 0 Å². The molecule has 0 saturated carbocycles. The van der Waals surface area contributed by atoms with Crippen LogP contribution in [-0.4, -0.2) is 24.9 Å². The van der Waals surface area contributed by atoms with E-state index in [-0.39, 0.29) is 6.54 Å². The molecular formula is C5H9N3O3S. The minimum absolute atomic E-state index is 0.120. The van der Waals surface area contributed by atoms with E-state index in [0.717, 1.165) is 4.31 Å². The van der Waals surface area contributed by atoms with Crippen LogP contribution in [0.5, 0.6) is 0 Å². The average Bonchev–Trinajstić information content (AvgIpc) is 2.37. The Labute approximate surface area is 70.1 Å². The summed E-state index contributed by atoms with van der Waals surface area (Å²) in [5.74, 6) is 0. The lowest BCUT2D eigenvalue weighted by Gasteiger charge is -2.10. The van der Waals surface area contributed by atoms with Gasteiger partial charge in [-0.1, -0.05) is 5.16 Å². The monoisotopic (exact) mass is 191 g/mol. The predicted molar refractivity (Wildman–Crippen MR) is 41.1 cm³/mol. The van der Waals surface area contributed by atoms with Gasteiger partial charge in [-0.05, 0) is 0 Å². The van der Waals surface area contributed by atoms with Crippen molar-refractivity contribution >= 4 is 10.2 Å². The lowest BCUT2D eigenvalue weighted by Crippen LogP contribution is -2.32. The molecule has 1 rings (SSSR count). The first kappa shape index (κ1) is 9.17. The molecular weight excluding hydrogens is 182 g/mol. The Balaban J connectivity index is 2.66. The van der Waals surface area contributed by atoms with Gasteiger partial charge in [0, 0.05) is 13.1 Å². The highest BCUT2D eigenvalue weighted by Crippen LogP contribution is 2.00. The highest BCUT2D eigenvalue weighted by Gasteiger charge is 2.12. The molecule has 1 aromatic rings. The van der Waals surface area contributed by atoms with E-state index in [1.165, 1.54) is 13.3 Å². The molecule has 1 heterocycles. The maximum Gasteiger partial charge on any atom is 0.277 e. The van der Waals surface area contributed by atoms with E-state index in [9.17, 15) is 8.42 Å². The van der Waals surface area contributed by atoms with Crippen molar-refractivity contribution in [3.63, 3.8) is 0 Å². The molecule has 0 saturated heterocycles. The minimum Gasteiger partial charge on any atom is -0.364 e. The molecule has 0 aliphatic heterocycles. The number of rotatable bonds is 3. The van der Waals surface area contributed by atoms with Gasteiger partial charge in [0.2, 0.25) is 0 Å². The summed E-state index contributed by atoms with van der Waals surface area (Å²) in [6, 6.07) is 1.57. The number of hydrogen-bond acceptors (Lipinski definition) is 4. The fourth-order valence-corrected chi connectivity index (χ4v) is 0.949. The van der Waals surface area contributed by atoms with Gasteiger partial charge in [-0.2, -0.15) is 12.7 Å². The lowest BCUT2D eigenvalue weighted by molar-refractivity contribution is 0.394. The summed E-state index contributed by atoms with van der Waals surface area (Å²) in [4.78, 5) is 0. The van der Waals surface area contributed by atoms with E-state index in [2.05, 4.69) is 9.68 Å². The Morgan fingerprint density at radius 1 is 1.75 bits per heavy atom. The molecule has 2 N–H and O–H groups in total. The van der Waals surface area contributed by atoms with Crippen LogP contribution >= 0.6 is 0 Å². The molecule has 0 unspecified atom stereocenters. The van der Waals surface area contributed by atoms with Crippen molar-refractivity contribution in [2.24, 2.45) is 5.14 Å². The molecule has 0 atom stereocenters. The zero-order valence-electron chi connectivity index (χ0n) is 6.47. The van der Waals surface area contributed by atoms with Crippen LogP contribution in [0.4, 0.5) is 0 Å². The summed E-state index contributed by atoms with van der Waals surface area (Å²) >= 11 is 0. The largest absolute Gasteiger partial charge is 0.364 e. The first-order valence-electron chi connectivity index (χ1n) is 3.13. The standard InChI is InChI=1S/C5H9N3O3S/c1-8(12(6,9)10)4-5-2-3-11-7-5/h2-3H,4H2,1H3,(H2,6,9,10). The molecule has 0 amide bonds. The lowest BCUT2D eigenvalue weighted by atomic mass is 10.4. The third-order valence-corrected chi connectivity index (χ3v) is 2.31. The van der Waals surface area contributed by atoms with Gasteiger partial charge >= 0.3 is 0 Å². The van der Waals surface area contributed by atoms with Crippen LogP contribution in [0, 0.1) is 0 Å². The number of nitrogens with zero attached hydrogens (tertiary/aromatic N) is 2. The normalized spacial score (nSPS) is 12.2. The fraction of sp³-hybridized carbons (Fsp3) is 0.400. The Morgan fingerprint density at radius 3 is 2.83 bits per heavy atom. The van der Waals surface area contributed by atoms with Crippen LogP contribution in [0.15, 0.2) is 16.9 Å². The summed E-state index contributed by atoms with van der Waals surface area (Å²) < 4.78 is 26.9. The van der Waals surface area contributed by atoms with Crippen LogP contribution in [0.3, 0.4) is 0 Å². The SMILES string of the molecule is CN(Cc1ccon1)S(N)(=O)=O. The van der Waals surface area contributed by atoms with E-state index < -0.39 is 10.2 Å². The Morgan fingerprint density at radius 2 is 2.42 bits per heavy atom. The van der Waals surface area contributed by atoms with E-state index in [0.29, 0.717) is 5.69 Å². The molecule has 6 nitrogen and oxygen atoms in total. The molecule has 68 valence electrons. The minimum atomic E-state index is -3.63. The van der Waals surface area contributed by atoms with Crippen molar-refractivity contribution in [1.82, 2.24) is 9.46 Å². The molecule has 0 aliphatic rings. The molecule has 0 spiro atoms. The predicted octanol–water partition coefficient (Wildman–Crippen LogP) is -0.690. The second kappa shape index (κ2) is 3.21. The van der Waals surface area contributed by atoms with Gasteiger partial charge in [-0.3, -0.25) is 0 Å². The van der Waals surface area contributed by atoms with Crippen molar-refractivity contribution in [3.8, 4) is 0 Å². The maximum absolute atomic E-state index is 10.7. The summed E-state index contributed by atoms with van der Waals surface area (Å²) in [6.45, 7) is 0.120. The molecule has 0 radical (unpaired) electrons. The van der Waals surface area contributed by atoms with E-state index in [1.54, 1.807) is 6.07 Å². The van der Waals surface area contributed by atoms with Crippen LogP contribution in [0.25, 0.3) is 0 Å². The zero-order chi connectivity index (χ0) is 9.19. The van der Waals surface area contributed by atoms with Gasteiger partial charge in [0.15, 0.2) is 0 Å². The van der Waals surface area contributed by atoms with Gasteiger partial charge in [0.1, 0.15) is 6.26 Å². The highest BCUT2D eigenvalue weighted by atomic mass is 32.2. The van der Waals surface area contributed by atoms with E-state index in [4.69, 9.17) is 5.14 Å². The Kier molecular flexibility index (Phi) is 2.46. The molecule has 0 aliphatic carbocycles. The summed E-state index contributed by atoms with van der Waals surface area (Å²) in [5.41, 5.74) is 0.520. The van der Waals surface area contributed by atoms with Gasteiger partial charge < -0.3 is 4.52 Å². The third kappa shape index (κ3) is 2.29. The highest BCUT2D eigenvalue weighted by molar-refractivity contribution is 7.86. The average molecular weight is 191 g/mol. The molecule has 0 fully saturated rings. The van der Waals surface area contributed by atoms with Crippen LogP contribution in [-0.2, 0) is 16.8 Å². The number of aromatic nitrogens is 1. The van der Waals surface area contributed by atoms with Crippen molar-refractivity contribution < 1.29 is 12.9 Å². The summed E-state index contributed by atoms with van der Waals surface area (Å²) in [5, 5.41) is 8.37. The van der Waals surface area contributed by atoms with Gasteiger partial charge in [0.05, 0.1) is 12.2 Å². The van der Waals surface area contributed by atoms with Gasteiger partial charge in [0.25, 0.3) is 10.2 Å². The van der Waals surface area contributed by atoms with Gasteiger partial charge in [-0.15, -0.1) is 0 Å². The quantitative estimate of drug-likeness (QED) is 0.684. The number of nitrogens with two attached hydrogens (primary N) is 1. The second-order valence-corrected chi connectivity index (χ2v) is 3.95. The van der Waals surface area contributed by atoms with Crippen LogP contribution in [0.1, 0.15) is 5.69 Å². The summed E-state index contributed by atoms with van der Waals surface area (Å²) in [7, 11) is -2.26. The molecule has 0 aromatic carbocycles. The smallest absolute Gasteiger partial charge is 0.277 e. The van der Waals surface area contributed by atoms with Crippen molar-refractivity contribution in [3.05, 3.63) is 18.0 Å². The van der Waals surface area contributed by atoms with Crippen molar-refractivity contribution in [2.75, 3.05) is 7.05 Å². The summed E-state index contributed by atoms with van der Waals surface area (Å²) in [6.07, 6.45) is 1.37. The Hall–Kier alpha value is -0.920.